The average molecular weight is 184 g/mol. The molecule has 0 aliphatic heterocycles. The van der Waals surface area contributed by atoms with E-state index in [4.69, 9.17) is 17.3 Å². The standard InChI is InChI=1S/C10H14ClN/c1-10(2,3)7-5-4-6-8(12)9(7)11/h4-6H,12H2,1-3H3. The number of halogens is 1. The molecule has 0 unspecified atom stereocenters. The Morgan fingerprint density at radius 2 is 1.83 bits per heavy atom. The summed E-state index contributed by atoms with van der Waals surface area (Å²) in [5, 5.41) is 0.685. The number of nitrogens with two attached hydrogens (primary N) is 1. The van der Waals surface area contributed by atoms with Gasteiger partial charge in [0.2, 0.25) is 0 Å². The van der Waals surface area contributed by atoms with E-state index >= 15 is 0 Å². The molecule has 0 radical (unpaired) electrons. The van der Waals surface area contributed by atoms with Crippen LogP contribution in [0.15, 0.2) is 18.2 Å². The molecule has 1 aromatic rings. The minimum absolute atomic E-state index is 0.0620. The third-order valence-electron chi connectivity index (χ3n) is 1.84. The molecule has 0 atom stereocenters. The largest absolute Gasteiger partial charge is 0.398 e. The number of rotatable bonds is 0. The first-order valence-electron chi connectivity index (χ1n) is 3.97. The van der Waals surface area contributed by atoms with Gasteiger partial charge in [0.25, 0.3) is 0 Å². The van der Waals surface area contributed by atoms with E-state index in [0.717, 1.165) is 5.56 Å². The molecule has 1 rings (SSSR count). The van der Waals surface area contributed by atoms with Gasteiger partial charge in [0.05, 0.1) is 10.7 Å². The van der Waals surface area contributed by atoms with Crippen molar-refractivity contribution in [2.45, 2.75) is 26.2 Å². The van der Waals surface area contributed by atoms with Gasteiger partial charge in [-0.3, -0.25) is 0 Å². The number of anilines is 1. The summed E-state index contributed by atoms with van der Waals surface area (Å²) in [7, 11) is 0. The number of nitrogen functional groups attached to an aromatic ring is 1. The minimum Gasteiger partial charge on any atom is -0.398 e. The molecule has 66 valence electrons. The fourth-order valence-electron chi connectivity index (χ4n) is 1.13. The van der Waals surface area contributed by atoms with E-state index in [1.54, 1.807) is 0 Å². The Labute approximate surface area is 78.5 Å². The maximum absolute atomic E-state index is 6.05. The fourth-order valence-corrected chi connectivity index (χ4v) is 1.54. The molecule has 2 heteroatoms. The molecule has 0 fully saturated rings. The molecule has 1 aromatic carbocycles. The Morgan fingerprint density at radius 1 is 1.25 bits per heavy atom. The third-order valence-corrected chi connectivity index (χ3v) is 2.26. The SMILES string of the molecule is CC(C)(C)c1cccc(N)c1Cl. The molecule has 0 heterocycles. The van der Waals surface area contributed by atoms with E-state index in [2.05, 4.69) is 20.8 Å². The van der Waals surface area contributed by atoms with Crippen molar-refractivity contribution < 1.29 is 0 Å². The van der Waals surface area contributed by atoms with Crippen molar-refractivity contribution in [3.8, 4) is 0 Å². The van der Waals surface area contributed by atoms with Crippen molar-refractivity contribution in [3.05, 3.63) is 28.8 Å². The third kappa shape index (κ3) is 1.72. The maximum atomic E-state index is 6.05. The molecule has 1 nitrogen and oxygen atoms in total. The van der Waals surface area contributed by atoms with E-state index in [0.29, 0.717) is 10.7 Å². The number of benzene rings is 1. The normalized spacial score (nSPS) is 11.7. The van der Waals surface area contributed by atoms with Crippen LogP contribution in [-0.2, 0) is 5.41 Å². The van der Waals surface area contributed by atoms with Gasteiger partial charge in [-0.1, -0.05) is 44.5 Å². The molecule has 0 aromatic heterocycles. The summed E-state index contributed by atoms with van der Waals surface area (Å²) in [6, 6.07) is 5.76. The first-order valence-corrected chi connectivity index (χ1v) is 4.35. The predicted octanol–water partition coefficient (Wildman–Crippen LogP) is 3.22. The lowest BCUT2D eigenvalue weighted by Gasteiger charge is -2.21. The van der Waals surface area contributed by atoms with E-state index in [1.165, 1.54) is 0 Å². The summed E-state index contributed by atoms with van der Waals surface area (Å²) >= 11 is 6.05. The van der Waals surface area contributed by atoms with Crippen LogP contribution in [0.5, 0.6) is 0 Å². The van der Waals surface area contributed by atoms with Crippen molar-refractivity contribution in [1.82, 2.24) is 0 Å². The highest BCUT2D eigenvalue weighted by Crippen LogP contribution is 2.32. The number of hydrogen-bond donors (Lipinski definition) is 1. The van der Waals surface area contributed by atoms with Crippen molar-refractivity contribution >= 4 is 17.3 Å². The van der Waals surface area contributed by atoms with Gasteiger partial charge >= 0.3 is 0 Å². The Balaban J connectivity index is 3.26. The number of hydrogen-bond acceptors (Lipinski definition) is 1. The van der Waals surface area contributed by atoms with E-state index in [1.807, 2.05) is 18.2 Å². The molecule has 0 saturated heterocycles. The highest BCUT2D eigenvalue weighted by molar-refractivity contribution is 6.33. The van der Waals surface area contributed by atoms with Crippen molar-refractivity contribution in [2.24, 2.45) is 0 Å². The lowest BCUT2D eigenvalue weighted by molar-refractivity contribution is 0.591. The molecule has 12 heavy (non-hydrogen) atoms. The van der Waals surface area contributed by atoms with E-state index in [-0.39, 0.29) is 5.41 Å². The summed E-state index contributed by atoms with van der Waals surface area (Å²) in [6.07, 6.45) is 0. The smallest absolute Gasteiger partial charge is 0.0672 e. The second-order valence-electron chi connectivity index (χ2n) is 3.96. The molecule has 2 N–H and O–H groups in total. The van der Waals surface area contributed by atoms with Crippen LogP contribution in [0.4, 0.5) is 5.69 Å². The average Bonchev–Trinajstić information content (AvgIpc) is 1.92. The van der Waals surface area contributed by atoms with Gasteiger partial charge in [-0.05, 0) is 17.0 Å². The van der Waals surface area contributed by atoms with Crippen LogP contribution >= 0.6 is 11.6 Å². The van der Waals surface area contributed by atoms with Gasteiger partial charge in [0.15, 0.2) is 0 Å². The highest BCUT2D eigenvalue weighted by Gasteiger charge is 2.17. The summed E-state index contributed by atoms with van der Waals surface area (Å²) in [5.74, 6) is 0. The van der Waals surface area contributed by atoms with E-state index < -0.39 is 0 Å². The highest BCUT2D eigenvalue weighted by atomic mass is 35.5. The monoisotopic (exact) mass is 183 g/mol. The first-order chi connectivity index (χ1) is 5.43. The van der Waals surface area contributed by atoms with Crippen LogP contribution < -0.4 is 5.73 Å². The first kappa shape index (κ1) is 9.40. The van der Waals surface area contributed by atoms with Crippen LogP contribution in [-0.4, -0.2) is 0 Å². The van der Waals surface area contributed by atoms with Gasteiger partial charge in [-0.2, -0.15) is 0 Å². The Morgan fingerprint density at radius 3 is 2.25 bits per heavy atom. The topological polar surface area (TPSA) is 26.0 Å². The van der Waals surface area contributed by atoms with Crippen LogP contribution in [0.2, 0.25) is 5.02 Å². The molecule has 0 aliphatic carbocycles. The predicted molar refractivity (Wildman–Crippen MR) is 54.6 cm³/mol. The van der Waals surface area contributed by atoms with Crippen LogP contribution in [0.1, 0.15) is 26.3 Å². The molecule has 0 aliphatic rings. The maximum Gasteiger partial charge on any atom is 0.0672 e. The Kier molecular flexibility index (Phi) is 2.34. The molecule has 0 spiro atoms. The van der Waals surface area contributed by atoms with Crippen LogP contribution in [0.3, 0.4) is 0 Å². The zero-order chi connectivity index (χ0) is 9.35. The summed E-state index contributed by atoms with van der Waals surface area (Å²) in [4.78, 5) is 0. The second kappa shape index (κ2) is 2.98. The molecule has 0 amide bonds. The van der Waals surface area contributed by atoms with E-state index in [9.17, 15) is 0 Å². The fraction of sp³-hybridized carbons (Fsp3) is 0.400. The quantitative estimate of drug-likeness (QED) is 0.615. The molecule has 0 bridgehead atoms. The van der Waals surface area contributed by atoms with Gasteiger partial charge in [0.1, 0.15) is 0 Å². The van der Waals surface area contributed by atoms with Gasteiger partial charge in [-0.15, -0.1) is 0 Å². The molecular weight excluding hydrogens is 170 g/mol. The van der Waals surface area contributed by atoms with Gasteiger partial charge < -0.3 is 5.73 Å². The lowest BCUT2D eigenvalue weighted by atomic mass is 9.87. The van der Waals surface area contributed by atoms with Gasteiger partial charge in [0, 0.05) is 0 Å². The Hall–Kier alpha value is -0.690. The van der Waals surface area contributed by atoms with Crippen LogP contribution in [0, 0.1) is 0 Å². The zero-order valence-corrected chi connectivity index (χ0v) is 8.44. The van der Waals surface area contributed by atoms with Gasteiger partial charge in [-0.25, -0.2) is 0 Å². The summed E-state index contributed by atoms with van der Waals surface area (Å²) in [6.45, 7) is 6.36. The lowest BCUT2D eigenvalue weighted by Crippen LogP contribution is -2.12. The zero-order valence-electron chi connectivity index (χ0n) is 7.69. The minimum atomic E-state index is 0.0620. The van der Waals surface area contributed by atoms with Crippen molar-refractivity contribution in [2.75, 3.05) is 5.73 Å². The molecule has 0 saturated carbocycles. The van der Waals surface area contributed by atoms with Crippen LogP contribution in [0.25, 0.3) is 0 Å². The second-order valence-corrected chi connectivity index (χ2v) is 4.34. The molecular formula is C10H14ClN. The van der Waals surface area contributed by atoms with Crippen molar-refractivity contribution in [1.29, 1.82) is 0 Å². The summed E-state index contributed by atoms with van der Waals surface area (Å²) in [5.41, 5.74) is 7.50. The summed E-state index contributed by atoms with van der Waals surface area (Å²) < 4.78 is 0. The van der Waals surface area contributed by atoms with Crippen molar-refractivity contribution in [3.63, 3.8) is 0 Å². The Bertz CT molecular complexity index is 286.